The summed E-state index contributed by atoms with van der Waals surface area (Å²) in [6.45, 7) is 4.76. The molecule has 0 atom stereocenters. The first-order valence-corrected chi connectivity index (χ1v) is 7.12. The van der Waals surface area contributed by atoms with Crippen molar-refractivity contribution in [2.45, 2.75) is 20.3 Å². The highest BCUT2D eigenvalue weighted by Gasteiger charge is 2.06. The Hall–Kier alpha value is -1.32. The van der Waals surface area contributed by atoms with E-state index in [9.17, 15) is 0 Å². The molecule has 0 aliphatic carbocycles. The summed E-state index contributed by atoms with van der Waals surface area (Å²) < 4.78 is 7.03. The minimum absolute atomic E-state index is 0.616. The van der Waals surface area contributed by atoms with Crippen molar-refractivity contribution in [3.63, 3.8) is 0 Å². The second-order valence-corrected chi connectivity index (χ2v) is 5.63. The summed E-state index contributed by atoms with van der Waals surface area (Å²) in [4.78, 5) is 0. The molecule has 2 N–H and O–H groups in total. The van der Waals surface area contributed by atoms with Gasteiger partial charge in [0.05, 0.1) is 0 Å². The molecule has 0 bridgehead atoms. The first-order valence-electron chi connectivity index (χ1n) is 6.33. The van der Waals surface area contributed by atoms with E-state index >= 15 is 0 Å². The van der Waals surface area contributed by atoms with Gasteiger partial charge >= 0.3 is 0 Å². The fourth-order valence-corrected chi connectivity index (χ4v) is 2.44. The molecule has 0 fully saturated rings. The Morgan fingerprint density at radius 3 is 2.37 bits per heavy atom. The van der Waals surface area contributed by atoms with Gasteiger partial charge in [0.15, 0.2) is 0 Å². The molecule has 100 valence electrons. The van der Waals surface area contributed by atoms with Crippen molar-refractivity contribution in [1.82, 2.24) is 0 Å². The number of nitrogens with two attached hydrogens (primary N) is 1. The second-order valence-electron chi connectivity index (χ2n) is 4.72. The third kappa shape index (κ3) is 3.82. The van der Waals surface area contributed by atoms with Crippen LogP contribution in [-0.2, 0) is 6.42 Å². The molecule has 2 aromatic rings. The van der Waals surface area contributed by atoms with Gasteiger partial charge in [-0.15, -0.1) is 0 Å². The number of hydrogen-bond donors (Lipinski definition) is 1. The molecule has 0 radical (unpaired) electrons. The van der Waals surface area contributed by atoms with Crippen LogP contribution in [-0.4, -0.2) is 6.54 Å². The molecule has 0 unspecified atom stereocenters. The smallest absolute Gasteiger partial charge is 0.131 e. The van der Waals surface area contributed by atoms with Gasteiger partial charge in [0.25, 0.3) is 0 Å². The molecule has 2 aromatic carbocycles. The molecule has 3 heteroatoms. The molecule has 0 aliphatic heterocycles. The molecule has 2 nitrogen and oxygen atoms in total. The van der Waals surface area contributed by atoms with Crippen molar-refractivity contribution >= 4 is 15.9 Å². The average Bonchev–Trinajstić information content (AvgIpc) is 2.31. The Morgan fingerprint density at radius 2 is 1.74 bits per heavy atom. The summed E-state index contributed by atoms with van der Waals surface area (Å²) in [6, 6.07) is 12.3. The number of benzene rings is 2. The summed E-state index contributed by atoms with van der Waals surface area (Å²) in [5.74, 6) is 1.73. The van der Waals surface area contributed by atoms with Crippen LogP contribution in [0, 0.1) is 13.8 Å². The van der Waals surface area contributed by atoms with Crippen LogP contribution < -0.4 is 10.5 Å². The van der Waals surface area contributed by atoms with Gasteiger partial charge in [-0.1, -0.05) is 28.1 Å². The molecular weight excluding hydrogens is 302 g/mol. The van der Waals surface area contributed by atoms with E-state index in [4.69, 9.17) is 10.5 Å². The Kier molecular flexibility index (Phi) is 4.61. The van der Waals surface area contributed by atoms with Gasteiger partial charge in [-0.2, -0.15) is 0 Å². The second kappa shape index (κ2) is 6.22. The van der Waals surface area contributed by atoms with Crippen molar-refractivity contribution in [2.24, 2.45) is 5.73 Å². The van der Waals surface area contributed by atoms with Crippen molar-refractivity contribution < 1.29 is 4.74 Å². The van der Waals surface area contributed by atoms with Gasteiger partial charge in [-0.05, 0) is 67.8 Å². The van der Waals surface area contributed by atoms with Crippen LogP contribution in [0.5, 0.6) is 11.5 Å². The average molecular weight is 320 g/mol. The molecule has 0 heterocycles. The van der Waals surface area contributed by atoms with Crippen LogP contribution in [0.15, 0.2) is 40.9 Å². The fourth-order valence-electron chi connectivity index (χ4n) is 2.10. The van der Waals surface area contributed by atoms with Crippen LogP contribution >= 0.6 is 15.9 Å². The molecule has 0 aliphatic rings. The van der Waals surface area contributed by atoms with Gasteiger partial charge in [0, 0.05) is 4.47 Å². The van der Waals surface area contributed by atoms with Crippen LogP contribution in [0.4, 0.5) is 0 Å². The number of halogens is 1. The van der Waals surface area contributed by atoms with Crippen LogP contribution in [0.2, 0.25) is 0 Å². The maximum atomic E-state index is 6.02. The Morgan fingerprint density at radius 1 is 1.05 bits per heavy atom. The van der Waals surface area contributed by atoms with Gasteiger partial charge in [0.1, 0.15) is 11.5 Å². The Bertz CT molecular complexity index is 561. The predicted octanol–water partition coefficient (Wildman–Crippen LogP) is 4.36. The third-order valence-electron chi connectivity index (χ3n) is 2.87. The Balaban J connectivity index is 2.33. The molecule has 0 aromatic heterocycles. The molecule has 2 rings (SSSR count). The van der Waals surface area contributed by atoms with Crippen molar-refractivity contribution in [1.29, 1.82) is 0 Å². The number of rotatable bonds is 4. The quantitative estimate of drug-likeness (QED) is 0.908. The number of ether oxygens (including phenoxy) is 1. The summed E-state index contributed by atoms with van der Waals surface area (Å²) in [6.07, 6.45) is 0.813. The highest BCUT2D eigenvalue weighted by molar-refractivity contribution is 9.10. The normalized spacial score (nSPS) is 10.5. The van der Waals surface area contributed by atoms with E-state index in [1.54, 1.807) is 0 Å². The van der Waals surface area contributed by atoms with E-state index in [-0.39, 0.29) is 0 Å². The third-order valence-corrected chi connectivity index (χ3v) is 3.36. The summed E-state index contributed by atoms with van der Waals surface area (Å²) >= 11 is 3.48. The van der Waals surface area contributed by atoms with E-state index in [0.29, 0.717) is 6.54 Å². The van der Waals surface area contributed by atoms with Crippen LogP contribution in [0.3, 0.4) is 0 Å². The molecule has 19 heavy (non-hydrogen) atoms. The molecule has 0 saturated heterocycles. The first kappa shape index (κ1) is 14.1. The summed E-state index contributed by atoms with van der Waals surface area (Å²) in [5.41, 5.74) is 9.17. The SMILES string of the molecule is Cc1cc(C)cc(Oc2cc(Br)ccc2CCN)c1. The van der Waals surface area contributed by atoms with E-state index in [0.717, 1.165) is 28.0 Å². The zero-order valence-corrected chi connectivity index (χ0v) is 12.8. The van der Waals surface area contributed by atoms with Crippen LogP contribution in [0.1, 0.15) is 16.7 Å². The van der Waals surface area contributed by atoms with E-state index in [1.807, 2.05) is 24.3 Å². The van der Waals surface area contributed by atoms with Crippen LogP contribution in [0.25, 0.3) is 0 Å². The molecule has 0 amide bonds. The van der Waals surface area contributed by atoms with Crippen molar-refractivity contribution in [2.75, 3.05) is 6.54 Å². The number of aryl methyl sites for hydroxylation is 2. The molecule has 0 spiro atoms. The van der Waals surface area contributed by atoms with Crippen molar-refractivity contribution in [3.05, 3.63) is 57.6 Å². The highest BCUT2D eigenvalue weighted by Crippen LogP contribution is 2.30. The van der Waals surface area contributed by atoms with Crippen molar-refractivity contribution in [3.8, 4) is 11.5 Å². The fraction of sp³-hybridized carbons (Fsp3) is 0.250. The maximum absolute atomic E-state index is 6.02. The van der Waals surface area contributed by atoms with Gasteiger partial charge in [-0.25, -0.2) is 0 Å². The minimum Gasteiger partial charge on any atom is -0.457 e. The number of hydrogen-bond acceptors (Lipinski definition) is 2. The molecular formula is C16H18BrNO. The first-order chi connectivity index (χ1) is 9.08. The minimum atomic E-state index is 0.616. The van der Waals surface area contributed by atoms with E-state index < -0.39 is 0 Å². The zero-order valence-electron chi connectivity index (χ0n) is 11.2. The maximum Gasteiger partial charge on any atom is 0.131 e. The van der Waals surface area contributed by atoms with E-state index in [2.05, 4.69) is 41.9 Å². The predicted molar refractivity (Wildman–Crippen MR) is 82.9 cm³/mol. The highest BCUT2D eigenvalue weighted by atomic mass is 79.9. The summed E-state index contributed by atoms with van der Waals surface area (Å²) in [7, 11) is 0. The monoisotopic (exact) mass is 319 g/mol. The zero-order chi connectivity index (χ0) is 13.8. The lowest BCUT2D eigenvalue weighted by molar-refractivity contribution is 0.475. The standard InChI is InChI=1S/C16H18BrNO/c1-11-7-12(2)9-15(8-11)19-16-10-14(17)4-3-13(16)5-6-18/h3-4,7-10H,5-6,18H2,1-2H3. The summed E-state index contributed by atoms with van der Waals surface area (Å²) in [5, 5.41) is 0. The lowest BCUT2D eigenvalue weighted by Crippen LogP contribution is -2.04. The molecule has 0 saturated carbocycles. The topological polar surface area (TPSA) is 35.2 Å². The Labute approximate surface area is 122 Å². The van der Waals surface area contributed by atoms with Gasteiger partial charge in [-0.3, -0.25) is 0 Å². The van der Waals surface area contributed by atoms with E-state index in [1.165, 1.54) is 11.1 Å². The lowest BCUT2D eigenvalue weighted by Gasteiger charge is -2.12. The van der Waals surface area contributed by atoms with Gasteiger partial charge < -0.3 is 10.5 Å². The lowest BCUT2D eigenvalue weighted by atomic mass is 10.1. The van der Waals surface area contributed by atoms with Gasteiger partial charge in [0.2, 0.25) is 0 Å². The largest absolute Gasteiger partial charge is 0.457 e.